The van der Waals surface area contributed by atoms with Crippen LogP contribution in [0.1, 0.15) is 27.0 Å². The largest absolute Gasteiger partial charge is 0.465 e. The van der Waals surface area contributed by atoms with Gasteiger partial charge in [-0.1, -0.05) is 18.2 Å². The average molecular weight is 379 g/mol. The Morgan fingerprint density at radius 3 is 2.36 bits per heavy atom. The standard InChI is InChI=1S/C20H21N5O3/c1-12-7-13(2)9-16(8-12)25-11-17(21)18(24-25)23-19(26)15-5-3-14(4-6-15)10-22-20(27)28/h3-9,11,22H,10,21H2,1-2H3,(H,27,28)(H,23,24,26). The molecule has 1 aromatic heterocycles. The second kappa shape index (κ2) is 7.83. The number of aryl methyl sites for hydroxylation is 2. The SMILES string of the molecule is Cc1cc(C)cc(-n2cc(N)c(NC(=O)c3ccc(CNC(=O)O)cc3)n2)c1. The van der Waals surface area contributed by atoms with Gasteiger partial charge in [0.05, 0.1) is 17.6 Å². The lowest BCUT2D eigenvalue weighted by molar-refractivity contribution is 0.102. The topological polar surface area (TPSA) is 122 Å². The minimum Gasteiger partial charge on any atom is -0.465 e. The van der Waals surface area contributed by atoms with Crippen molar-refractivity contribution in [3.63, 3.8) is 0 Å². The van der Waals surface area contributed by atoms with Crippen LogP contribution in [0.4, 0.5) is 16.3 Å². The highest BCUT2D eigenvalue weighted by molar-refractivity contribution is 6.05. The molecule has 0 fully saturated rings. The molecule has 144 valence electrons. The lowest BCUT2D eigenvalue weighted by Gasteiger charge is -2.06. The number of hydrogen-bond donors (Lipinski definition) is 4. The van der Waals surface area contributed by atoms with E-state index in [2.05, 4.69) is 21.8 Å². The number of nitrogen functional groups attached to an aromatic ring is 1. The van der Waals surface area contributed by atoms with Gasteiger partial charge in [-0.15, -0.1) is 5.10 Å². The van der Waals surface area contributed by atoms with E-state index in [0.717, 1.165) is 22.4 Å². The van der Waals surface area contributed by atoms with Gasteiger partial charge in [-0.05, 0) is 54.8 Å². The minimum atomic E-state index is -1.10. The fraction of sp³-hybridized carbons (Fsp3) is 0.150. The lowest BCUT2D eigenvalue weighted by Crippen LogP contribution is -2.20. The van der Waals surface area contributed by atoms with Gasteiger partial charge in [0, 0.05) is 12.1 Å². The highest BCUT2D eigenvalue weighted by atomic mass is 16.4. The van der Waals surface area contributed by atoms with Crippen molar-refractivity contribution in [3.05, 3.63) is 70.9 Å². The van der Waals surface area contributed by atoms with Crippen molar-refractivity contribution in [3.8, 4) is 5.69 Å². The Morgan fingerprint density at radius 1 is 1.11 bits per heavy atom. The van der Waals surface area contributed by atoms with Crippen LogP contribution in [0.15, 0.2) is 48.7 Å². The third-order valence-corrected chi connectivity index (χ3v) is 4.11. The summed E-state index contributed by atoms with van der Waals surface area (Å²) in [6.45, 7) is 4.17. The minimum absolute atomic E-state index is 0.171. The highest BCUT2D eigenvalue weighted by Crippen LogP contribution is 2.21. The molecule has 0 saturated heterocycles. The molecule has 0 bridgehead atoms. The molecule has 0 aliphatic carbocycles. The molecule has 3 rings (SSSR count). The number of nitrogens with two attached hydrogens (primary N) is 1. The number of hydrogen-bond acceptors (Lipinski definition) is 4. The summed E-state index contributed by atoms with van der Waals surface area (Å²) in [5, 5.41) is 18.0. The van der Waals surface area contributed by atoms with Gasteiger partial charge >= 0.3 is 6.09 Å². The number of rotatable bonds is 5. The number of anilines is 2. The van der Waals surface area contributed by atoms with E-state index in [1.54, 1.807) is 35.1 Å². The predicted molar refractivity (Wildman–Crippen MR) is 107 cm³/mol. The third-order valence-electron chi connectivity index (χ3n) is 4.11. The highest BCUT2D eigenvalue weighted by Gasteiger charge is 2.13. The van der Waals surface area contributed by atoms with E-state index in [4.69, 9.17) is 10.8 Å². The third kappa shape index (κ3) is 4.47. The van der Waals surface area contributed by atoms with Crippen molar-refractivity contribution in [1.29, 1.82) is 0 Å². The van der Waals surface area contributed by atoms with Crippen LogP contribution in [-0.4, -0.2) is 26.9 Å². The number of nitrogens with one attached hydrogen (secondary N) is 2. The first-order chi connectivity index (χ1) is 13.3. The van der Waals surface area contributed by atoms with Crippen LogP contribution in [0.2, 0.25) is 0 Å². The monoisotopic (exact) mass is 379 g/mol. The fourth-order valence-corrected chi connectivity index (χ4v) is 2.83. The average Bonchev–Trinajstić information content (AvgIpc) is 3.00. The smallest absolute Gasteiger partial charge is 0.404 e. The van der Waals surface area contributed by atoms with Gasteiger partial charge in [0.1, 0.15) is 0 Å². The van der Waals surface area contributed by atoms with Gasteiger partial charge in [-0.3, -0.25) is 4.79 Å². The second-order valence-electron chi connectivity index (χ2n) is 6.53. The summed E-state index contributed by atoms with van der Waals surface area (Å²) in [6.07, 6.45) is 0.557. The van der Waals surface area contributed by atoms with Crippen LogP contribution in [0.5, 0.6) is 0 Å². The Morgan fingerprint density at radius 2 is 1.75 bits per heavy atom. The Bertz CT molecular complexity index is 1000. The second-order valence-corrected chi connectivity index (χ2v) is 6.53. The summed E-state index contributed by atoms with van der Waals surface area (Å²) >= 11 is 0. The first kappa shape index (κ1) is 19.0. The molecule has 0 radical (unpaired) electrons. The molecule has 0 spiro atoms. The zero-order valence-electron chi connectivity index (χ0n) is 15.6. The maximum absolute atomic E-state index is 12.5. The maximum Gasteiger partial charge on any atom is 0.404 e. The van der Waals surface area contributed by atoms with Crippen molar-refractivity contribution < 1.29 is 14.7 Å². The van der Waals surface area contributed by atoms with Gasteiger partial charge < -0.3 is 21.5 Å². The molecule has 0 atom stereocenters. The van der Waals surface area contributed by atoms with E-state index in [1.165, 1.54) is 0 Å². The van der Waals surface area contributed by atoms with E-state index >= 15 is 0 Å². The maximum atomic E-state index is 12.5. The molecule has 5 N–H and O–H groups in total. The number of amides is 2. The molecule has 2 amide bonds. The van der Waals surface area contributed by atoms with Gasteiger partial charge in [-0.25, -0.2) is 9.48 Å². The van der Waals surface area contributed by atoms with Crippen LogP contribution in [-0.2, 0) is 6.54 Å². The van der Waals surface area contributed by atoms with Crippen LogP contribution in [0.3, 0.4) is 0 Å². The summed E-state index contributed by atoms with van der Waals surface area (Å²) in [5.41, 5.74) is 10.6. The molecule has 28 heavy (non-hydrogen) atoms. The molecule has 0 aliphatic rings. The van der Waals surface area contributed by atoms with Crippen LogP contribution in [0, 0.1) is 13.8 Å². The van der Waals surface area contributed by atoms with Crippen molar-refractivity contribution >= 4 is 23.5 Å². The van der Waals surface area contributed by atoms with Gasteiger partial charge in [-0.2, -0.15) is 0 Å². The Kier molecular flexibility index (Phi) is 5.30. The number of aromatic nitrogens is 2. The molecular weight excluding hydrogens is 358 g/mol. The summed E-state index contributed by atoms with van der Waals surface area (Å²) in [7, 11) is 0. The molecule has 8 nitrogen and oxygen atoms in total. The number of benzene rings is 2. The molecule has 3 aromatic rings. The Hall–Kier alpha value is -3.81. The Labute approximate surface area is 162 Å². The van der Waals surface area contributed by atoms with Crippen LogP contribution >= 0.6 is 0 Å². The number of carboxylic acid groups (broad SMARTS) is 1. The van der Waals surface area contributed by atoms with Gasteiger partial charge in [0.2, 0.25) is 0 Å². The fourth-order valence-electron chi connectivity index (χ4n) is 2.83. The molecular formula is C20H21N5O3. The quantitative estimate of drug-likeness (QED) is 0.543. The molecule has 1 heterocycles. The van der Waals surface area contributed by atoms with Crippen molar-refractivity contribution in [2.45, 2.75) is 20.4 Å². The van der Waals surface area contributed by atoms with Gasteiger partial charge in [0.25, 0.3) is 5.91 Å². The number of carbonyl (C=O) groups is 2. The van der Waals surface area contributed by atoms with E-state index in [0.29, 0.717) is 11.3 Å². The number of carbonyl (C=O) groups excluding carboxylic acids is 1. The van der Waals surface area contributed by atoms with Crippen molar-refractivity contribution in [1.82, 2.24) is 15.1 Å². The predicted octanol–water partition coefficient (Wildman–Crippen LogP) is 3.09. The summed E-state index contributed by atoms with van der Waals surface area (Å²) in [5.74, 6) is -0.0732. The van der Waals surface area contributed by atoms with Crippen LogP contribution < -0.4 is 16.4 Å². The van der Waals surface area contributed by atoms with Crippen molar-refractivity contribution in [2.24, 2.45) is 0 Å². The normalized spacial score (nSPS) is 10.5. The number of nitrogens with zero attached hydrogens (tertiary/aromatic N) is 2. The summed E-state index contributed by atoms with van der Waals surface area (Å²) in [4.78, 5) is 23.0. The van der Waals surface area contributed by atoms with E-state index in [9.17, 15) is 9.59 Å². The molecule has 0 saturated carbocycles. The van der Waals surface area contributed by atoms with Crippen LogP contribution in [0.25, 0.3) is 5.69 Å². The van der Waals surface area contributed by atoms with E-state index < -0.39 is 6.09 Å². The summed E-state index contributed by atoms with van der Waals surface area (Å²) < 4.78 is 1.63. The molecule has 2 aromatic carbocycles. The first-order valence-electron chi connectivity index (χ1n) is 8.63. The van der Waals surface area contributed by atoms with E-state index in [1.807, 2.05) is 26.0 Å². The summed E-state index contributed by atoms with van der Waals surface area (Å²) in [6, 6.07) is 12.6. The zero-order valence-corrected chi connectivity index (χ0v) is 15.6. The zero-order chi connectivity index (χ0) is 20.3. The Balaban J connectivity index is 1.74. The first-order valence-corrected chi connectivity index (χ1v) is 8.63. The van der Waals surface area contributed by atoms with E-state index in [-0.39, 0.29) is 18.3 Å². The molecule has 0 aliphatic heterocycles. The molecule has 8 heteroatoms. The van der Waals surface area contributed by atoms with Gasteiger partial charge in [0.15, 0.2) is 5.82 Å². The lowest BCUT2D eigenvalue weighted by atomic mass is 10.1. The molecule has 0 unspecified atom stereocenters. The van der Waals surface area contributed by atoms with Crippen molar-refractivity contribution in [2.75, 3.05) is 11.1 Å².